The zero-order valence-corrected chi connectivity index (χ0v) is 25.8. The smallest absolute Gasteiger partial charge is 0.407 e. The van der Waals surface area contributed by atoms with Gasteiger partial charge >= 0.3 is 12.1 Å². The molecule has 2 saturated carbocycles. The van der Waals surface area contributed by atoms with Crippen molar-refractivity contribution in [2.45, 2.75) is 77.1 Å². The lowest BCUT2D eigenvalue weighted by atomic mass is 9.55. The summed E-state index contributed by atoms with van der Waals surface area (Å²) in [5, 5.41) is 2.67. The van der Waals surface area contributed by atoms with E-state index >= 15 is 0 Å². The fraction of sp³-hybridized carbons (Fsp3) is 0.459. The van der Waals surface area contributed by atoms with Crippen LogP contribution in [-0.4, -0.2) is 31.8 Å². The van der Waals surface area contributed by atoms with E-state index in [2.05, 4.69) is 36.5 Å². The first-order valence-electron chi connectivity index (χ1n) is 16.0. The van der Waals surface area contributed by atoms with Crippen molar-refractivity contribution < 1.29 is 28.5 Å². The van der Waals surface area contributed by atoms with Crippen molar-refractivity contribution in [3.8, 4) is 11.5 Å². The van der Waals surface area contributed by atoms with Crippen molar-refractivity contribution in [1.82, 2.24) is 5.32 Å². The molecule has 2 fully saturated rings. The lowest BCUT2D eigenvalue weighted by molar-refractivity contribution is -0.157. The van der Waals surface area contributed by atoms with Gasteiger partial charge in [-0.25, -0.2) is 4.79 Å². The molecule has 7 heteroatoms. The zero-order valence-electron chi connectivity index (χ0n) is 25.8. The van der Waals surface area contributed by atoms with Gasteiger partial charge in [-0.05, 0) is 90.7 Å². The molecule has 1 N–H and O–H groups in total. The van der Waals surface area contributed by atoms with Crippen LogP contribution in [0.3, 0.4) is 0 Å². The van der Waals surface area contributed by atoms with Gasteiger partial charge in [0.1, 0.15) is 19.3 Å². The zero-order chi connectivity index (χ0) is 30.5. The second-order valence-electron chi connectivity index (χ2n) is 12.7. The Hall–Kier alpha value is -4.00. The molecule has 0 spiro atoms. The summed E-state index contributed by atoms with van der Waals surface area (Å²) < 4.78 is 23.4. The van der Waals surface area contributed by atoms with E-state index in [0.717, 1.165) is 61.2 Å². The number of methoxy groups -OCH3 is 1. The Bertz CT molecular complexity index is 1440. The summed E-state index contributed by atoms with van der Waals surface area (Å²) in [7, 11) is 1.72. The number of benzene rings is 3. The number of carbonyl (C=O) groups is 2. The summed E-state index contributed by atoms with van der Waals surface area (Å²) >= 11 is 0. The van der Waals surface area contributed by atoms with E-state index in [1.54, 1.807) is 7.11 Å². The highest BCUT2D eigenvalue weighted by atomic mass is 16.6. The van der Waals surface area contributed by atoms with E-state index < -0.39 is 6.09 Å². The molecule has 0 unspecified atom stereocenters. The van der Waals surface area contributed by atoms with Crippen LogP contribution in [0.15, 0.2) is 72.8 Å². The Kier molecular flexibility index (Phi) is 9.10. The second kappa shape index (κ2) is 13.3. The molecule has 5 atom stereocenters. The summed E-state index contributed by atoms with van der Waals surface area (Å²) in [5.41, 5.74) is 4.79. The van der Waals surface area contributed by atoms with Gasteiger partial charge in [-0.15, -0.1) is 0 Å². The number of carbonyl (C=O) groups excluding carboxylic acids is 2. The Labute approximate surface area is 260 Å². The van der Waals surface area contributed by atoms with E-state index in [9.17, 15) is 9.59 Å². The van der Waals surface area contributed by atoms with E-state index in [0.29, 0.717) is 24.4 Å². The molecular weight excluding hydrogens is 554 g/mol. The van der Waals surface area contributed by atoms with Gasteiger partial charge in [-0.3, -0.25) is 4.79 Å². The number of rotatable bonds is 10. The van der Waals surface area contributed by atoms with Gasteiger partial charge in [-0.1, -0.05) is 67.6 Å². The average Bonchev–Trinajstić information content (AvgIpc) is 3.38. The van der Waals surface area contributed by atoms with Crippen LogP contribution in [0.25, 0.3) is 0 Å². The van der Waals surface area contributed by atoms with Crippen LogP contribution in [0.5, 0.6) is 11.5 Å². The first-order chi connectivity index (χ1) is 21.4. The van der Waals surface area contributed by atoms with Crippen LogP contribution in [0.1, 0.15) is 73.6 Å². The number of nitrogens with one attached hydrogen (secondary N) is 1. The molecule has 6 rings (SSSR count). The van der Waals surface area contributed by atoms with E-state index in [1.807, 2.05) is 48.5 Å². The number of hydrogen-bond donors (Lipinski definition) is 1. The monoisotopic (exact) mass is 597 g/mol. The number of alkyl carbamates (subject to hydrolysis) is 1. The lowest BCUT2D eigenvalue weighted by Gasteiger charge is -2.50. The highest BCUT2D eigenvalue weighted by Crippen LogP contribution is 2.62. The van der Waals surface area contributed by atoms with Gasteiger partial charge in [0.05, 0.1) is 13.5 Å². The Balaban J connectivity index is 1.03. The minimum atomic E-state index is -0.531. The second-order valence-corrected chi connectivity index (χ2v) is 12.7. The van der Waals surface area contributed by atoms with E-state index in [-0.39, 0.29) is 37.1 Å². The number of ether oxygens (including phenoxy) is 4. The Morgan fingerprint density at radius 1 is 0.886 bits per heavy atom. The fourth-order valence-corrected chi connectivity index (χ4v) is 7.99. The quantitative estimate of drug-likeness (QED) is 0.246. The maximum atomic E-state index is 12.8. The normalized spacial score (nSPS) is 25.1. The molecule has 7 nitrogen and oxygen atoms in total. The minimum absolute atomic E-state index is 0.0286. The van der Waals surface area contributed by atoms with Gasteiger partial charge in [0, 0.05) is 12.0 Å². The maximum absolute atomic E-state index is 12.8. The third-order valence-electron chi connectivity index (χ3n) is 10.2. The number of esters is 1. The fourth-order valence-electron chi connectivity index (χ4n) is 7.99. The highest BCUT2D eigenvalue weighted by molar-refractivity contribution is 5.72. The van der Waals surface area contributed by atoms with E-state index in [4.69, 9.17) is 18.9 Å². The third kappa shape index (κ3) is 6.42. The summed E-state index contributed by atoms with van der Waals surface area (Å²) in [6.07, 6.45) is 5.73. The molecular formula is C37H43NO6. The number of amides is 1. The van der Waals surface area contributed by atoms with Crippen LogP contribution in [0.4, 0.5) is 4.79 Å². The summed E-state index contributed by atoms with van der Waals surface area (Å²) in [6, 6.07) is 24.1. The van der Waals surface area contributed by atoms with Crippen molar-refractivity contribution in [3.63, 3.8) is 0 Å². The molecule has 0 bridgehead atoms. The summed E-state index contributed by atoms with van der Waals surface area (Å²) in [6.45, 7) is 3.23. The molecule has 0 radical (unpaired) electrons. The Morgan fingerprint density at radius 2 is 1.61 bits per heavy atom. The molecule has 3 aliphatic rings. The predicted molar refractivity (Wildman–Crippen MR) is 168 cm³/mol. The van der Waals surface area contributed by atoms with Gasteiger partial charge in [0.2, 0.25) is 0 Å². The number of hydrogen-bond acceptors (Lipinski definition) is 6. The third-order valence-corrected chi connectivity index (χ3v) is 10.2. The van der Waals surface area contributed by atoms with Crippen LogP contribution in [0, 0.1) is 17.3 Å². The first-order valence-corrected chi connectivity index (χ1v) is 16.0. The molecule has 44 heavy (non-hydrogen) atoms. The molecule has 232 valence electrons. The molecule has 1 amide bonds. The van der Waals surface area contributed by atoms with Crippen molar-refractivity contribution in [2.24, 2.45) is 17.3 Å². The van der Waals surface area contributed by atoms with Crippen LogP contribution in [-0.2, 0) is 33.9 Å². The SMILES string of the molecule is COc1cc2c(cc1OCc1ccccc1)CC[C@@H]1[C@@H]2CC[C@]2(C)[C@@H](OC(=O)CCNC(=O)OCc3ccccc3)CC[C@@H]12. The van der Waals surface area contributed by atoms with Crippen LogP contribution < -0.4 is 14.8 Å². The largest absolute Gasteiger partial charge is 0.493 e. The van der Waals surface area contributed by atoms with Gasteiger partial charge < -0.3 is 24.3 Å². The topological polar surface area (TPSA) is 83.1 Å². The molecule has 3 aliphatic carbocycles. The molecule has 0 saturated heterocycles. The molecule has 0 aromatic heterocycles. The lowest BCUT2D eigenvalue weighted by Crippen LogP contribution is -2.45. The van der Waals surface area contributed by atoms with E-state index in [1.165, 1.54) is 11.1 Å². The molecule has 3 aromatic rings. The van der Waals surface area contributed by atoms with Crippen molar-refractivity contribution in [2.75, 3.05) is 13.7 Å². The highest BCUT2D eigenvalue weighted by Gasteiger charge is 2.56. The maximum Gasteiger partial charge on any atom is 0.407 e. The van der Waals surface area contributed by atoms with Gasteiger partial charge in [-0.2, -0.15) is 0 Å². The van der Waals surface area contributed by atoms with Crippen molar-refractivity contribution in [3.05, 3.63) is 95.1 Å². The van der Waals surface area contributed by atoms with Crippen LogP contribution >= 0.6 is 0 Å². The van der Waals surface area contributed by atoms with Crippen LogP contribution in [0.2, 0.25) is 0 Å². The molecule has 3 aromatic carbocycles. The molecule has 0 aliphatic heterocycles. The molecule has 0 heterocycles. The number of aryl methyl sites for hydroxylation is 1. The Morgan fingerprint density at radius 3 is 2.34 bits per heavy atom. The van der Waals surface area contributed by atoms with Crippen molar-refractivity contribution in [1.29, 1.82) is 0 Å². The standard InChI is InChI=1S/C37H43NO6/c1-37-19-17-28-29(14-13-27-21-33(32(41-2)22-30(27)28)42-23-25-9-5-3-6-10-25)31(37)15-16-34(37)44-35(39)18-20-38-36(40)43-24-26-11-7-4-8-12-26/h3-12,21-22,28-29,31,34H,13-20,23-24H2,1-2H3,(H,38,40)/t28-,29+,31-,34-,37-/m0/s1. The predicted octanol–water partition coefficient (Wildman–Crippen LogP) is 7.36. The van der Waals surface area contributed by atoms with Gasteiger partial charge in [0.15, 0.2) is 11.5 Å². The minimum Gasteiger partial charge on any atom is -0.493 e. The van der Waals surface area contributed by atoms with Crippen molar-refractivity contribution >= 4 is 12.1 Å². The summed E-state index contributed by atoms with van der Waals surface area (Å²) in [5.74, 6) is 2.90. The summed E-state index contributed by atoms with van der Waals surface area (Å²) in [4.78, 5) is 24.9. The number of fused-ring (bicyclic) bond motifs is 5. The van der Waals surface area contributed by atoms with Gasteiger partial charge in [0.25, 0.3) is 0 Å². The first kappa shape index (κ1) is 30.0. The average molecular weight is 598 g/mol.